The van der Waals surface area contributed by atoms with Crippen LogP contribution >= 0.6 is 39.1 Å². The third kappa shape index (κ3) is 8.17. The van der Waals surface area contributed by atoms with Crippen molar-refractivity contribution < 1.29 is 32.2 Å². The van der Waals surface area contributed by atoms with E-state index in [4.69, 9.17) is 42.1 Å². The fourth-order valence-corrected chi connectivity index (χ4v) is 5.36. The molecule has 1 amide bonds. The molecule has 0 radical (unpaired) electrons. The summed E-state index contributed by atoms with van der Waals surface area (Å²) < 4.78 is 48.3. The third-order valence-electron chi connectivity index (χ3n) is 5.38. The maximum Gasteiger partial charge on any atom is 0.260 e. The van der Waals surface area contributed by atoms with Gasteiger partial charge in [-0.15, -0.1) is 0 Å². The SMILES string of the molecule is COc1ccc(N(CC(=O)N/N=C/c2cc(Br)c(OCc3ccc(Cl)cc3Cl)c(OC)c2)S(C)(=O)=O)c(OC)c1. The summed E-state index contributed by atoms with van der Waals surface area (Å²) in [6.45, 7) is -0.365. The Hall–Kier alpha value is -3.19. The predicted molar refractivity (Wildman–Crippen MR) is 159 cm³/mol. The molecule has 3 aromatic rings. The van der Waals surface area contributed by atoms with Crippen molar-refractivity contribution in [3.05, 3.63) is 74.2 Å². The number of hydrazone groups is 1. The molecule has 0 heterocycles. The molecule has 10 nitrogen and oxygen atoms in total. The quantitative estimate of drug-likeness (QED) is 0.205. The fourth-order valence-electron chi connectivity index (χ4n) is 3.46. The molecular formula is C26H26BrCl2N3O7S. The van der Waals surface area contributed by atoms with Gasteiger partial charge in [0, 0.05) is 21.7 Å². The molecule has 3 rings (SSSR count). The van der Waals surface area contributed by atoms with Gasteiger partial charge in [-0.3, -0.25) is 9.10 Å². The molecule has 0 spiro atoms. The van der Waals surface area contributed by atoms with Crippen LogP contribution in [0.15, 0.2) is 58.1 Å². The van der Waals surface area contributed by atoms with Crippen LogP contribution in [0.3, 0.4) is 0 Å². The molecule has 0 aliphatic rings. The Balaban J connectivity index is 1.72. The number of methoxy groups -OCH3 is 3. The van der Waals surface area contributed by atoms with Crippen LogP contribution in [-0.2, 0) is 21.4 Å². The summed E-state index contributed by atoms with van der Waals surface area (Å²) in [6, 6.07) is 13.1. The molecule has 14 heteroatoms. The van der Waals surface area contributed by atoms with Gasteiger partial charge in [-0.1, -0.05) is 29.3 Å². The Kier molecular flexibility index (Phi) is 10.9. The minimum absolute atomic E-state index is 0.171. The van der Waals surface area contributed by atoms with Gasteiger partial charge in [0.1, 0.15) is 24.7 Å². The molecule has 214 valence electrons. The standard InChI is InChI=1S/C26H26BrCl2N3O7S/c1-36-19-7-8-22(23(12-19)37-2)32(40(4,34)35)14-25(33)31-30-13-16-9-20(27)26(24(10-16)38-3)39-15-17-5-6-18(28)11-21(17)29/h5-13H,14-15H2,1-4H3,(H,31,33)/b30-13+. The third-order valence-corrected chi connectivity index (χ3v) is 7.69. The molecule has 0 aromatic heterocycles. The molecule has 0 atom stereocenters. The van der Waals surface area contributed by atoms with Crippen LogP contribution in [0.4, 0.5) is 5.69 Å². The summed E-state index contributed by atoms with van der Waals surface area (Å²) in [5.74, 6) is 0.855. The number of anilines is 1. The summed E-state index contributed by atoms with van der Waals surface area (Å²) in [5.41, 5.74) is 3.82. The minimum Gasteiger partial charge on any atom is -0.497 e. The number of rotatable bonds is 12. The number of ether oxygens (including phenoxy) is 4. The van der Waals surface area contributed by atoms with Crippen molar-refractivity contribution in [2.24, 2.45) is 5.10 Å². The van der Waals surface area contributed by atoms with E-state index >= 15 is 0 Å². The predicted octanol–water partition coefficient (Wildman–Crippen LogP) is 5.28. The number of amides is 1. The van der Waals surface area contributed by atoms with Gasteiger partial charge in [-0.25, -0.2) is 13.8 Å². The van der Waals surface area contributed by atoms with Crippen LogP contribution in [0.25, 0.3) is 0 Å². The van der Waals surface area contributed by atoms with Gasteiger partial charge in [0.2, 0.25) is 10.0 Å². The lowest BCUT2D eigenvalue weighted by Crippen LogP contribution is -2.39. The second-order valence-electron chi connectivity index (χ2n) is 8.16. The van der Waals surface area contributed by atoms with Crippen molar-refractivity contribution in [1.29, 1.82) is 0 Å². The normalized spacial score (nSPS) is 11.3. The first kappa shape index (κ1) is 31.3. The van der Waals surface area contributed by atoms with E-state index in [0.717, 1.165) is 16.1 Å². The zero-order valence-corrected chi connectivity index (χ0v) is 25.8. The fraction of sp³-hybridized carbons (Fsp3) is 0.231. The number of sulfonamides is 1. The number of hydrogen-bond acceptors (Lipinski definition) is 8. The van der Waals surface area contributed by atoms with Crippen LogP contribution in [-0.4, -0.2) is 54.7 Å². The van der Waals surface area contributed by atoms with E-state index in [1.165, 1.54) is 39.7 Å². The Labute approximate surface area is 250 Å². The molecule has 0 saturated carbocycles. The van der Waals surface area contributed by atoms with E-state index in [1.54, 1.807) is 36.4 Å². The van der Waals surface area contributed by atoms with Crippen LogP contribution in [0, 0.1) is 0 Å². The number of benzene rings is 3. The van der Waals surface area contributed by atoms with Gasteiger partial charge in [0.15, 0.2) is 11.5 Å². The van der Waals surface area contributed by atoms with E-state index in [1.807, 2.05) is 0 Å². The Morgan fingerprint density at radius 1 is 1.02 bits per heavy atom. The number of hydrogen-bond donors (Lipinski definition) is 1. The molecule has 0 unspecified atom stereocenters. The lowest BCUT2D eigenvalue weighted by Gasteiger charge is -2.23. The number of halogens is 3. The second kappa shape index (κ2) is 13.9. The van der Waals surface area contributed by atoms with Gasteiger partial charge >= 0.3 is 0 Å². The van der Waals surface area contributed by atoms with E-state index in [2.05, 4.69) is 26.5 Å². The largest absolute Gasteiger partial charge is 0.497 e. The van der Waals surface area contributed by atoms with Crippen molar-refractivity contribution in [1.82, 2.24) is 5.43 Å². The Morgan fingerprint density at radius 3 is 2.38 bits per heavy atom. The van der Waals surface area contributed by atoms with E-state index in [-0.39, 0.29) is 18.0 Å². The first-order valence-corrected chi connectivity index (χ1v) is 14.8. The van der Waals surface area contributed by atoms with Gasteiger partial charge < -0.3 is 18.9 Å². The van der Waals surface area contributed by atoms with E-state index < -0.39 is 22.5 Å². The van der Waals surface area contributed by atoms with Crippen LogP contribution in [0.5, 0.6) is 23.0 Å². The zero-order valence-electron chi connectivity index (χ0n) is 21.9. The maximum absolute atomic E-state index is 12.6. The number of carbonyl (C=O) groups is 1. The summed E-state index contributed by atoms with van der Waals surface area (Å²) >= 11 is 15.6. The lowest BCUT2D eigenvalue weighted by atomic mass is 10.2. The maximum atomic E-state index is 12.6. The van der Waals surface area contributed by atoms with Crippen molar-refractivity contribution in [2.45, 2.75) is 6.61 Å². The number of carbonyl (C=O) groups excluding carboxylic acids is 1. The molecule has 3 aromatic carbocycles. The molecule has 1 N–H and O–H groups in total. The molecule has 0 aliphatic heterocycles. The monoisotopic (exact) mass is 673 g/mol. The van der Waals surface area contributed by atoms with Crippen molar-refractivity contribution in [3.63, 3.8) is 0 Å². The van der Waals surface area contributed by atoms with Crippen molar-refractivity contribution in [2.75, 3.05) is 38.4 Å². The van der Waals surface area contributed by atoms with Crippen LogP contribution < -0.4 is 28.7 Å². The minimum atomic E-state index is -3.84. The summed E-state index contributed by atoms with van der Waals surface area (Å²) in [7, 11) is 0.502. The highest BCUT2D eigenvalue weighted by Gasteiger charge is 2.24. The summed E-state index contributed by atoms with van der Waals surface area (Å²) in [5, 5.41) is 4.95. The van der Waals surface area contributed by atoms with Gasteiger partial charge in [0.25, 0.3) is 5.91 Å². The number of nitrogens with one attached hydrogen (secondary N) is 1. The van der Waals surface area contributed by atoms with Gasteiger partial charge in [-0.2, -0.15) is 5.10 Å². The highest BCUT2D eigenvalue weighted by atomic mass is 79.9. The number of nitrogens with zero attached hydrogens (tertiary/aromatic N) is 2. The summed E-state index contributed by atoms with van der Waals surface area (Å²) in [4.78, 5) is 12.6. The Bertz CT molecular complexity index is 1520. The van der Waals surface area contributed by atoms with Crippen molar-refractivity contribution >= 4 is 67.0 Å². The van der Waals surface area contributed by atoms with E-state index in [9.17, 15) is 13.2 Å². The first-order valence-electron chi connectivity index (χ1n) is 11.4. The summed E-state index contributed by atoms with van der Waals surface area (Å²) in [6.07, 6.45) is 2.37. The topological polar surface area (TPSA) is 116 Å². The van der Waals surface area contributed by atoms with Crippen molar-refractivity contribution in [3.8, 4) is 23.0 Å². The van der Waals surface area contributed by atoms with E-state index in [0.29, 0.717) is 37.3 Å². The average Bonchev–Trinajstić information content (AvgIpc) is 2.90. The molecular weight excluding hydrogens is 649 g/mol. The highest BCUT2D eigenvalue weighted by molar-refractivity contribution is 9.10. The van der Waals surface area contributed by atoms with Crippen LogP contribution in [0.1, 0.15) is 11.1 Å². The smallest absolute Gasteiger partial charge is 0.260 e. The zero-order chi connectivity index (χ0) is 29.4. The molecule has 0 fully saturated rings. The highest BCUT2D eigenvalue weighted by Crippen LogP contribution is 2.37. The lowest BCUT2D eigenvalue weighted by molar-refractivity contribution is -0.119. The first-order chi connectivity index (χ1) is 19.0. The molecule has 0 aliphatic carbocycles. The molecule has 0 bridgehead atoms. The van der Waals surface area contributed by atoms with Gasteiger partial charge in [0.05, 0.1) is 44.0 Å². The molecule has 40 heavy (non-hydrogen) atoms. The van der Waals surface area contributed by atoms with Crippen LogP contribution in [0.2, 0.25) is 10.0 Å². The molecule has 0 saturated heterocycles. The second-order valence-corrected chi connectivity index (χ2v) is 11.8. The van der Waals surface area contributed by atoms with Gasteiger partial charge in [-0.05, 0) is 57.9 Å². The average molecular weight is 675 g/mol. The Morgan fingerprint density at radius 2 is 1.75 bits per heavy atom.